The van der Waals surface area contributed by atoms with Gasteiger partial charge in [-0.25, -0.2) is 0 Å². The van der Waals surface area contributed by atoms with E-state index >= 15 is 0 Å². The van der Waals surface area contributed by atoms with Crippen LogP contribution in [-0.4, -0.2) is 26.5 Å². The van der Waals surface area contributed by atoms with Gasteiger partial charge in [-0.05, 0) is 43.9 Å². The van der Waals surface area contributed by atoms with E-state index in [2.05, 4.69) is 48.3 Å². The molecule has 0 aliphatic rings. The lowest BCUT2D eigenvalue weighted by molar-refractivity contribution is 0.607. The Hall–Kier alpha value is -1.91. The van der Waals surface area contributed by atoms with Crippen molar-refractivity contribution in [3.05, 3.63) is 23.4 Å². The molecule has 20 heavy (non-hydrogen) atoms. The summed E-state index contributed by atoms with van der Waals surface area (Å²) >= 11 is 0. The van der Waals surface area contributed by atoms with Crippen molar-refractivity contribution in [1.82, 2.24) is 20.0 Å². The summed E-state index contributed by atoms with van der Waals surface area (Å²) in [5.74, 6) is 0.884. The van der Waals surface area contributed by atoms with Crippen LogP contribution in [0.1, 0.15) is 37.8 Å². The second-order valence-electron chi connectivity index (χ2n) is 5.01. The highest BCUT2D eigenvalue weighted by Crippen LogP contribution is 2.25. The zero-order valence-electron chi connectivity index (χ0n) is 12.8. The monoisotopic (exact) mass is 273 g/mol. The molecular formula is C15H23N5. The van der Waals surface area contributed by atoms with E-state index in [0.29, 0.717) is 0 Å². The number of rotatable bonds is 6. The number of aromatic nitrogens is 4. The molecule has 2 heterocycles. The van der Waals surface area contributed by atoms with Gasteiger partial charge in [0.1, 0.15) is 5.69 Å². The van der Waals surface area contributed by atoms with Crippen molar-refractivity contribution in [2.24, 2.45) is 0 Å². The van der Waals surface area contributed by atoms with Crippen LogP contribution in [0, 0.1) is 13.8 Å². The summed E-state index contributed by atoms with van der Waals surface area (Å²) in [4.78, 5) is 0. The van der Waals surface area contributed by atoms with Crippen LogP contribution >= 0.6 is 0 Å². The maximum Gasteiger partial charge on any atom is 0.151 e. The predicted molar refractivity (Wildman–Crippen MR) is 81.8 cm³/mol. The lowest BCUT2D eigenvalue weighted by Crippen LogP contribution is -2.09. The number of nitrogens with zero attached hydrogens (tertiary/aromatic N) is 4. The van der Waals surface area contributed by atoms with Crippen molar-refractivity contribution in [2.45, 2.75) is 47.1 Å². The molecule has 5 heteroatoms. The van der Waals surface area contributed by atoms with Crippen LogP contribution < -0.4 is 5.32 Å². The molecule has 0 saturated carbocycles. The van der Waals surface area contributed by atoms with Gasteiger partial charge in [0.15, 0.2) is 5.82 Å². The van der Waals surface area contributed by atoms with Gasteiger partial charge in [0, 0.05) is 19.3 Å². The van der Waals surface area contributed by atoms with Crippen molar-refractivity contribution < 1.29 is 0 Å². The molecule has 0 aliphatic heterocycles. The van der Waals surface area contributed by atoms with E-state index < -0.39 is 0 Å². The smallest absolute Gasteiger partial charge is 0.151 e. The lowest BCUT2D eigenvalue weighted by atomic mass is 10.1. The summed E-state index contributed by atoms with van der Waals surface area (Å²) in [6.07, 6.45) is 3.95. The van der Waals surface area contributed by atoms with Crippen molar-refractivity contribution in [3.63, 3.8) is 0 Å². The van der Waals surface area contributed by atoms with Crippen LogP contribution in [0.15, 0.2) is 12.3 Å². The average Bonchev–Trinajstić information content (AvgIpc) is 2.89. The van der Waals surface area contributed by atoms with Gasteiger partial charge < -0.3 is 5.32 Å². The molecule has 5 nitrogen and oxygen atoms in total. The second kappa shape index (κ2) is 6.50. The quantitative estimate of drug-likeness (QED) is 0.878. The lowest BCUT2D eigenvalue weighted by Gasteiger charge is -2.13. The molecule has 1 N–H and O–H groups in total. The van der Waals surface area contributed by atoms with Crippen LogP contribution in [0.4, 0.5) is 5.82 Å². The summed E-state index contributed by atoms with van der Waals surface area (Å²) in [7, 11) is 0. The summed E-state index contributed by atoms with van der Waals surface area (Å²) < 4.78 is 2.00. The van der Waals surface area contributed by atoms with E-state index in [4.69, 9.17) is 0 Å². The topological polar surface area (TPSA) is 55.6 Å². The van der Waals surface area contributed by atoms with Crippen LogP contribution in [0.3, 0.4) is 0 Å². The molecule has 2 rings (SSSR count). The number of nitrogens with one attached hydrogen (secondary N) is 1. The van der Waals surface area contributed by atoms with Gasteiger partial charge in [0.25, 0.3) is 0 Å². The van der Waals surface area contributed by atoms with Gasteiger partial charge in [-0.2, -0.15) is 5.10 Å². The first-order valence-corrected chi connectivity index (χ1v) is 7.29. The Morgan fingerprint density at radius 3 is 2.60 bits per heavy atom. The molecule has 0 unspecified atom stereocenters. The van der Waals surface area contributed by atoms with Gasteiger partial charge in [0.2, 0.25) is 0 Å². The number of anilines is 1. The maximum absolute atomic E-state index is 4.40. The van der Waals surface area contributed by atoms with Crippen LogP contribution in [0.2, 0.25) is 0 Å². The minimum absolute atomic E-state index is 0.884. The third-order valence-electron chi connectivity index (χ3n) is 3.46. The molecule has 0 aliphatic carbocycles. The Bertz CT molecular complexity index is 574. The fourth-order valence-corrected chi connectivity index (χ4v) is 2.18. The zero-order chi connectivity index (χ0) is 14.5. The van der Waals surface area contributed by atoms with Gasteiger partial charge in [-0.3, -0.25) is 4.68 Å². The Morgan fingerprint density at radius 2 is 1.90 bits per heavy atom. The highest BCUT2D eigenvalue weighted by molar-refractivity contribution is 5.63. The van der Waals surface area contributed by atoms with E-state index in [1.165, 1.54) is 0 Å². The van der Waals surface area contributed by atoms with E-state index in [0.717, 1.165) is 54.3 Å². The van der Waals surface area contributed by atoms with Crippen molar-refractivity contribution in [1.29, 1.82) is 0 Å². The summed E-state index contributed by atoms with van der Waals surface area (Å²) in [6, 6.07) is 2.01. The summed E-state index contributed by atoms with van der Waals surface area (Å²) in [6.45, 7) is 10.3. The Balaban J connectivity index is 2.38. The van der Waals surface area contributed by atoms with Gasteiger partial charge in [0.05, 0.1) is 5.69 Å². The van der Waals surface area contributed by atoms with E-state index in [-0.39, 0.29) is 0 Å². The summed E-state index contributed by atoms with van der Waals surface area (Å²) in [5, 5.41) is 16.4. The van der Waals surface area contributed by atoms with Gasteiger partial charge in [-0.15, -0.1) is 10.2 Å². The van der Waals surface area contributed by atoms with Crippen LogP contribution in [-0.2, 0) is 6.54 Å². The minimum atomic E-state index is 0.884. The maximum atomic E-state index is 4.40. The van der Waals surface area contributed by atoms with Crippen molar-refractivity contribution in [3.8, 4) is 11.4 Å². The van der Waals surface area contributed by atoms with Gasteiger partial charge in [-0.1, -0.05) is 13.8 Å². The average molecular weight is 273 g/mol. The molecule has 0 atom stereocenters. The molecular weight excluding hydrogens is 250 g/mol. The predicted octanol–water partition coefficient (Wildman–Crippen LogP) is 3.19. The van der Waals surface area contributed by atoms with Crippen molar-refractivity contribution >= 4 is 5.82 Å². The largest absolute Gasteiger partial charge is 0.368 e. The van der Waals surface area contributed by atoms with Crippen molar-refractivity contribution in [2.75, 3.05) is 11.9 Å². The molecule has 0 saturated heterocycles. The zero-order valence-corrected chi connectivity index (χ0v) is 12.8. The molecule has 0 spiro atoms. The molecule has 0 radical (unpaired) electrons. The third kappa shape index (κ3) is 2.81. The number of aryl methyl sites for hydroxylation is 1. The molecule has 0 bridgehead atoms. The normalized spacial score (nSPS) is 10.8. The number of hydrogen-bond acceptors (Lipinski definition) is 4. The van der Waals surface area contributed by atoms with Crippen LogP contribution in [0.5, 0.6) is 0 Å². The van der Waals surface area contributed by atoms with E-state index in [1.54, 1.807) is 0 Å². The Morgan fingerprint density at radius 1 is 1.10 bits per heavy atom. The molecule has 0 amide bonds. The molecule has 0 aromatic carbocycles. The molecule has 0 fully saturated rings. The van der Waals surface area contributed by atoms with E-state index in [1.807, 2.05) is 16.9 Å². The van der Waals surface area contributed by atoms with E-state index in [9.17, 15) is 0 Å². The Kier molecular flexibility index (Phi) is 4.71. The molecule has 108 valence electrons. The third-order valence-corrected chi connectivity index (χ3v) is 3.46. The minimum Gasteiger partial charge on any atom is -0.368 e. The highest BCUT2D eigenvalue weighted by Gasteiger charge is 2.14. The fraction of sp³-hybridized carbons (Fsp3) is 0.533. The first-order chi connectivity index (χ1) is 9.69. The SMILES string of the molecule is CCCNc1nnc(-c2ccnn2CCC)c(C)c1C. The summed E-state index contributed by atoms with van der Waals surface area (Å²) in [5.41, 5.74) is 4.29. The van der Waals surface area contributed by atoms with Gasteiger partial charge >= 0.3 is 0 Å². The fourth-order valence-electron chi connectivity index (χ4n) is 2.18. The van der Waals surface area contributed by atoms with Crippen LogP contribution in [0.25, 0.3) is 11.4 Å². The molecule has 2 aromatic rings. The Labute approximate surface area is 120 Å². The first kappa shape index (κ1) is 14.5. The first-order valence-electron chi connectivity index (χ1n) is 7.29. The highest BCUT2D eigenvalue weighted by atomic mass is 15.3. The molecule has 2 aromatic heterocycles. The second-order valence-corrected chi connectivity index (χ2v) is 5.01. The standard InChI is InChI=1S/C15H23N5/c1-5-8-16-15-12(4)11(3)14(18-19-15)13-7-9-17-20(13)10-6-2/h7,9H,5-6,8,10H2,1-4H3,(H,16,19). The number of hydrogen-bond donors (Lipinski definition) is 1.